The van der Waals surface area contributed by atoms with Crippen LogP contribution >= 0.6 is 23.2 Å². The summed E-state index contributed by atoms with van der Waals surface area (Å²) in [4.78, 5) is 17.0. The van der Waals surface area contributed by atoms with Crippen molar-refractivity contribution in [3.8, 4) is 0 Å². The normalized spacial score (nSPS) is 11.0. The molecule has 0 aliphatic rings. The Hall–Kier alpha value is -2.04. The minimum atomic E-state index is -0.248. The first-order valence-electron chi connectivity index (χ1n) is 7.24. The molecule has 1 amide bonds. The Morgan fingerprint density at radius 3 is 2.78 bits per heavy atom. The second kappa shape index (κ2) is 6.22. The molecule has 0 radical (unpaired) electrons. The van der Waals surface area contributed by atoms with Gasteiger partial charge in [-0.3, -0.25) is 4.79 Å². The minimum Gasteiger partial charge on any atom is -0.321 e. The number of hydrogen-bond donors (Lipinski definition) is 1. The fourth-order valence-corrected chi connectivity index (χ4v) is 2.82. The number of carbonyl (C=O) groups is 1. The molecule has 0 aliphatic carbocycles. The number of rotatable bonds is 3. The lowest BCUT2D eigenvalue weighted by Gasteiger charge is -2.08. The molecule has 0 saturated carbocycles. The lowest BCUT2D eigenvalue weighted by atomic mass is 10.2. The van der Waals surface area contributed by atoms with E-state index in [9.17, 15) is 4.79 Å². The first kappa shape index (κ1) is 15.8. The van der Waals surface area contributed by atoms with Crippen molar-refractivity contribution >= 4 is 40.4 Å². The molecule has 4 nitrogen and oxygen atoms in total. The van der Waals surface area contributed by atoms with Crippen molar-refractivity contribution in [3.05, 3.63) is 63.5 Å². The second-order valence-corrected chi connectivity index (χ2v) is 5.98. The fourth-order valence-electron chi connectivity index (χ4n) is 2.47. The number of nitrogens with one attached hydrogen (secondary N) is 1. The number of benzene rings is 1. The van der Waals surface area contributed by atoms with Crippen LogP contribution in [0.5, 0.6) is 0 Å². The van der Waals surface area contributed by atoms with Gasteiger partial charge in [-0.2, -0.15) is 0 Å². The largest absolute Gasteiger partial charge is 0.321 e. The van der Waals surface area contributed by atoms with Crippen molar-refractivity contribution in [3.63, 3.8) is 0 Å². The van der Waals surface area contributed by atoms with E-state index in [-0.39, 0.29) is 5.91 Å². The molecular weight excluding hydrogens is 333 g/mol. The molecule has 0 bridgehead atoms. The highest BCUT2D eigenvalue weighted by Crippen LogP contribution is 2.29. The zero-order chi connectivity index (χ0) is 16.6. The molecule has 23 heavy (non-hydrogen) atoms. The molecular formula is C17H15Cl2N3O. The van der Waals surface area contributed by atoms with E-state index in [1.807, 2.05) is 17.4 Å². The van der Waals surface area contributed by atoms with Crippen LogP contribution in [0.1, 0.15) is 28.7 Å². The molecule has 0 fully saturated rings. The number of fused-ring (bicyclic) bond motifs is 1. The highest BCUT2D eigenvalue weighted by Gasteiger charge is 2.13. The van der Waals surface area contributed by atoms with E-state index >= 15 is 0 Å². The van der Waals surface area contributed by atoms with Crippen molar-refractivity contribution < 1.29 is 4.79 Å². The van der Waals surface area contributed by atoms with Gasteiger partial charge in [0.05, 0.1) is 27.0 Å². The monoisotopic (exact) mass is 347 g/mol. The zero-order valence-corrected chi connectivity index (χ0v) is 14.2. The quantitative estimate of drug-likeness (QED) is 0.741. The topological polar surface area (TPSA) is 46.4 Å². The van der Waals surface area contributed by atoms with Gasteiger partial charge in [-0.15, -0.1) is 0 Å². The molecule has 0 aliphatic heterocycles. The van der Waals surface area contributed by atoms with Gasteiger partial charge in [0, 0.05) is 11.9 Å². The average molecular weight is 348 g/mol. The van der Waals surface area contributed by atoms with Crippen molar-refractivity contribution in [1.82, 2.24) is 9.38 Å². The van der Waals surface area contributed by atoms with Gasteiger partial charge in [0.2, 0.25) is 0 Å². The Balaban J connectivity index is 1.94. The average Bonchev–Trinajstić information content (AvgIpc) is 2.87. The summed E-state index contributed by atoms with van der Waals surface area (Å²) in [6.45, 7) is 4.05. The molecule has 2 aromatic heterocycles. The zero-order valence-electron chi connectivity index (χ0n) is 12.7. The molecule has 0 atom stereocenters. The number of aromatic nitrogens is 2. The Morgan fingerprint density at radius 2 is 2.04 bits per heavy atom. The van der Waals surface area contributed by atoms with Gasteiger partial charge < -0.3 is 9.72 Å². The highest BCUT2D eigenvalue weighted by molar-refractivity contribution is 6.44. The van der Waals surface area contributed by atoms with Gasteiger partial charge in [0.1, 0.15) is 5.65 Å². The third-order valence-corrected chi connectivity index (χ3v) is 4.57. The van der Waals surface area contributed by atoms with Gasteiger partial charge in [-0.1, -0.05) is 36.2 Å². The summed E-state index contributed by atoms with van der Waals surface area (Å²) < 4.78 is 1.92. The summed E-state index contributed by atoms with van der Waals surface area (Å²) in [7, 11) is 0. The van der Waals surface area contributed by atoms with Crippen molar-refractivity contribution in [1.29, 1.82) is 0 Å². The van der Waals surface area contributed by atoms with E-state index in [0.717, 1.165) is 23.5 Å². The minimum absolute atomic E-state index is 0.248. The van der Waals surface area contributed by atoms with Crippen LogP contribution in [-0.4, -0.2) is 15.3 Å². The predicted molar refractivity (Wildman–Crippen MR) is 93.7 cm³/mol. The summed E-state index contributed by atoms with van der Waals surface area (Å²) in [5, 5.41) is 3.51. The van der Waals surface area contributed by atoms with E-state index in [0.29, 0.717) is 21.3 Å². The van der Waals surface area contributed by atoms with Gasteiger partial charge in [-0.25, -0.2) is 4.98 Å². The lowest BCUT2D eigenvalue weighted by molar-refractivity contribution is 0.102. The van der Waals surface area contributed by atoms with Crippen LogP contribution in [0.3, 0.4) is 0 Å². The fraction of sp³-hybridized carbons (Fsp3) is 0.176. The highest BCUT2D eigenvalue weighted by atomic mass is 35.5. The number of anilines is 1. The molecule has 3 rings (SSSR count). The smallest absolute Gasteiger partial charge is 0.257 e. The van der Waals surface area contributed by atoms with Crippen LogP contribution in [0.4, 0.5) is 5.69 Å². The first-order chi connectivity index (χ1) is 11.0. The molecule has 1 aromatic carbocycles. The second-order valence-electron chi connectivity index (χ2n) is 5.20. The molecule has 1 N–H and O–H groups in total. The molecule has 0 unspecified atom stereocenters. The van der Waals surface area contributed by atoms with E-state index in [1.54, 1.807) is 30.5 Å². The maximum atomic E-state index is 12.5. The Bertz CT molecular complexity index is 902. The standard InChI is InChI=1S/C17H15Cl2N3O/c1-3-13-10(2)22-9-11(7-8-15(22)20-13)17(23)21-14-6-4-5-12(18)16(14)19/h4-9H,3H2,1-2H3,(H,21,23). The number of nitrogens with zero attached hydrogens (tertiary/aromatic N) is 2. The number of aryl methyl sites for hydroxylation is 2. The summed E-state index contributed by atoms with van der Waals surface area (Å²) in [5.41, 5.74) is 3.91. The van der Waals surface area contributed by atoms with Crippen LogP contribution in [0.15, 0.2) is 36.5 Å². The molecule has 3 aromatic rings. The van der Waals surface area contributed by atoms with Crippen LogP contribution in [0.25, 0.3) is 5.65 Å². The van der Waals surface area contributed by atoms with E-state index in [1.165, 1.54) is 0 Å². The molecule has 0 saturated heterocycles. The summed E-state index contributed by atoms with van der Waals surface area (Å²) in [5.74, 6) is -0.248. The Kier molecular flexibility index (Phi) is 4.28. The molecule has 2 heterocycles. The third-order valence-electron chi connectivity index (χ3n) is 3.75. The SMILES string of the molecule is CCc1nc2ccc(C(=O)Nc3cccc(Cl)c3Cl)cn2c1C. The number of pyridine rings is 1. The van der Waals surface area contributed by atoms with Crippen molar-refractivity contribution in [2.75, 3.05) is 5.32 Å². The van der Waals surface area contributed by atoms with Crippen LogP contribution in [-0.2, 0) is 6.42 Å². The first-order valence-corrected chi connectivity index (χ1v) is 7.99. The number of amides is 1. The number of halogens is 2. The third kappa shape index (κ3) is 2.92. The summed E-state index contributed by atoms with van der Waals surface area (Å²) >= 11 is 12.1. The van der Waals surface area contributed by atoms with Crippen molar-refractivity contribution in [2.24, 2.45) is 0 Å². The maximum absolute atomic E-state index is 12.5. The van der Waals surface area contributed by atoms with Crippen LogP contribution in [0.2, 0.25) is 10.0 Å². The van der Waals surface area contributed by atoms with Gasteiger partial charge in [0.15, 0.2) is 0 Å². The molecule has 6 heteroatoms. The summed E-state index contributed by atoms with van der Waals surface area (Å²) in [6.07, 6.45) is 2.64. The molecule has 0 spiro atoms. The Morgan fingerprint density at radius 1 is 1.26 bits per heavy atom. The number of imidazole rings is 1. The van der Waals surface area contributed by atoms with Crippen molar-refractivity contribution in [2.45, 2.75) is 20.3 Å². The maximum Gasteiger partial charge on any atom is 0.257 e. The van der Waals surface area contributed by atoms with Gasteiger partial charge in [0.25, 0.3) is 5.91 Å². The lowest BCUT2D eigenvalue weighted by Crippen LogP contribution is -2.13. The van der Waals surface area contributed by atoms with Gasteiger partial charge >= 0.3 is 0 Å². The Labute approximate surface area is 144 Å². The predicted octanol–water partition coefficient (Wildman–Crippen LogP) is 4.76. The van der Waals surface area contributed by atoms with Crippen LogP contribution in [0, 0.1) is 6.92 Å². The van der Waals surface area contributed by atoms with Crippen LogP contribution < -0.4 is 5.32 Å². The van der Waals surface area contributed by atoms with Gasteiger partial charge in [-0.05, 0) is 37.6 Å². The number of carbonyl (C=O) groups excluding carboxylic acids is 1. The summed E-state index contributed by atoms with van der Waals surface area (Å²) in [6, 6.07) is 8.70. The molecule has 118 valence electrons. The van der Waals surface area contributed by atoms with E-state index < -0.39 is 0 Å². The van der Waals surface area contributed by atoms with E-state index in [2.05, 4.69) is 17.2 Å². The number of hydrogen-bond acceptors (Lipinski definition) is 2. The van der Waals surface area contributed by atoms with E-state index in [4.69, 9.17) is 23.2 Å².